The molecule has 0 bridgehead atoms. The summed E-state index contributed by atoms with van der Waals surface area (Å²) in [5, 5.41) is 13.1. The van der Waals surface area contributed by atoms with Gasteiger partial charge in [0.25, 0.3) is 5.89 Å². The largest absolute Gasteiger partial charge is 0.497 e. The Bertz CT molecular complexity index is 1160. The second kappa shape index (κ2) is 7.31. The van der Waals surface area contributed by atoms with Crippen LogP contribution in [-0.2, 0) is 17.9 Å². The lowest BCUT2D eigenvalue weighted by molar-refractivity contribution is -0.00119. The smallest absolute Gasteiger partial charge is 0.280 e. The topological polar surface area (TPSA) is 88.1 Å². The minimum Gasteiger partial charge on any atom is -0.497 e. The van der Waals surface area contributed by atoms with E-state index >= 15 is 0 Å². The van der Waals surface area contributed by atoms with Crippen LogP contribution in [0.25, 0.3) is 23.0 Å². The van der Waals surface area contributed by atoms with Crippen molar-refractivity contribution in [1.29, 1.82) is 0 Å². The Labute approximate surface area is 171 Å². The number of aromatic nitrogens is 5. The van der Waals surface area contributed by atoms with Crippen molar-refractivity contribution in [3.63, 3.8) is 0 Å². The van der Waals surface area contributed by atoms with Crippen LogP contribution in [0.5, 0.6) is 5.75 Å². The van der Waals surface area contributed by atoms with Gasteiger partial charge >= 0.3 is 0 Å². The van der Waals surface area contributed by atoms with Crippen LogP contribution >= 0.6 is 11.6 Å². The highest BCUT2D eigenvalue weighted by Crippen LogP contribution is 2.32. The number of hydrogen-bond acceptors (Lipinski definition) is 7. The Morgan fingerprint density at radius 2 is 1.97 bits per heavy atom. The molecule has 4 aromatic rings. The Balaban J connectivity index is 1.40. The molecule has 0 saturated heterocycles. The molecule has 9 heteroatoms. The van der Waals surface area contributed by atoms with Gasteiger partial charge in [-0.3, -0.25) is 0 Å². The average Bonchev–Trinajstić information content (AvgIpc) is 3.40. The first-order valence-electron chi connectivity index (χ1n) is 9.00. The Morgan fingerprint density at radius 3 is 2.76 bits per heavy atom. The molecule has 0 amide bonds. The lowest BCUT2D eigenvalue weighted by Gasteiger charge is -2.24. The molecule has 0 spiro atoms. The number of hydrogen-bond donors (Lipinski definition) is 0. The van der Waals surface area contributed by atoms with Gasteiger partial charge in [0.1, 0.15) is 11.9 Å². The zero-order valence-electron chi connectivity index (χ0n) is 15.4. The average molecular weight is 410 g/mol. The Hall–Kier alpha value is -3.23. The second-order valence-electron chi connectivity index (χ2n) is 6.54. The lowest BCUT2D eigenvalue weighted by atomic mass is 10.1. The van der Waals surface area contributed by atoms with Gasteiger partial charge in [-0.25, -0.2) is 4.68 Å². The van der Waals surface area contributed by atoms with Gasteiger partial charge in [0.15, 0.2) is 5.69 Å². The van der Waals surface area contributed by atoms with Crippen LogP contribution in [0.2, 0.25) is 5.02 Å². The first kappa shape index (κ1) is 17.8. The van der Waals surface area contributed by atoms with Gasteiger partial charge in [0, 0.05) is 5.56 Å². The molecule has 0 aliphatic carbocycles. The van der Waals surface area contributed by atoms with E-state index in [0.717, 1.165) is 17.0 Å². The van der Waals surface area contributed by atoms with Gasteiger partial charge in [-0.05, 0) is 29.8 Å². The number of halogens is 1. The summed E-state index contributed by atoms with van der Waals surface area (Å²) >= 11 is 6.22. The summed E-state index contributed by atoms with van der Waals surface area (Å²) in [5.74, 6) is 1.49. The molecule has 0 radical (unpaired) electrons. The predicted octanol–water partition coefficient (Wildman–Crippen LogP) is 3.93. The molecule has 0 fully saturated rings. The van der Waals surface area contributed by atoms with Crippen molar-refractivity contribution >= 4 is 11.6 Å². The van der Waals surface area contributed by atoms with Crippen molar-refractivity contribution in [2.75, 3.05) is 7.11 Å². The third kappa shape index (κ3) is 3.26. The zero-order valence-corrected chi connectivity index (χ0v) is 16.2. The third-order valence-corrected chi connectivity index (χ3v) is 5.16. The number of fused-ring (bicyclic) bond motifs is 1. The molecule has 1 aliphatic rings. The van der Waals surface area contributed by atoms with E-state index in [9.17, 15) is 0 Å². The molecule has 0 saturated carbocycles. The number of rotatable bonds is 4. The summed E-state index contributed by atoms with van der Waals surface area (Å²) in [6.45, 7) is 0.878. The lowest BCUT2D eigenvalue weighted by Crippen LogP contribution is -2.22. The van der Waals surface area contributed by atoms with Crippen LogP contribution in [0.3, 0.4) is 0 Å². The first-order valence-corrected chi connectivity index (χ1v) is 9.37. The molecule has 0 unspecified atom stereocenters. The summed E-state index contributed by atoms with van der Waals surface area (Å²) in [6.07, 6.45) is -0.121. The van der Waals surface area contributed by atoms with Gasteiger partial charge < -0.3 is 14.0 Å². The van der Waals surface area contributed by atoms with Crippen molar-refractivity contribution in [2.24, 2.45) is 0 Å². The van der Waals surface area contributed by atoms with E-state index in [2.05, 4.69) is 20.5 Å². The van der Waals surface area contributed by atoms with Gasteiger partial charge in [-0.1, -0.05) is 46.2 Å². The first-order chi connectivity index (χ1) is 14.2. The molecule has 8 nitrogen and oxygen atoms in total. The molecule has 2 aromatic carbocycles. The van der Waals surface area contributed by atoms with E-state index < -0.39 is 0 Å². The molecule has 146 valence electrons. The highest BCUT2D eigenvalue weighted by atomic mass is 35.5. The van der Waals surface area contributed by atoms with Crippen LogP contribution in [-0.4, -0.2) is 32.2 Å². The van der Waals surface area contributed by atoms with Crippen molar-refractivity contribution in [2.45, 2.75) is 19.3 Å². The monoisotopic (exact) mass is 409 g/mol. The standard InChI is InChI=1S/C20H16ClN5O3/c1-27-13-8-6-12(7-9-13)17-10-26-16(11-28-17)18(23-25-26)20-22-19(24-29-20)14-4-2-3-5-15(14)21/h2-9,17H,10-11H2,1H3/t17-/m0/s1. The number of methoxy groups -OCH3 is 1. The van der Waals surface area contributed by atoms with Crippen molar-refractivity contribution < 1.29 is 14.0 Å². The quantitative estimate of drug-likeness (QED) is 0.504. The fourth-order valence-corrected chi connectivity index (χ4v) is 3.49. The summed E-state index contributed by atoms with van der Waals surface area (Å²) in [6, 6.07) is 15.1. The van der Waals surface area contributed by atoms with E-state index in [1.165, 1.54) is 0 Å². The number of ether oxygens (including phenoxy) is 2. The van der Waals surface area contributed by atoms with Crippen LogP contribution < -0.4 is 4.74 Å². The normalized spacial score (nSPS) is 15.9. The van der Waals surface area contributed by atoms with Gasteiger partial charge in [-0.2, -0.15) is 4.98 Å². The fourth-order valence-electron chi connectivity index (χ4n) is 3.27. The maximum atomic E-state index is 6.22. The molecule has 29 heavy (non-hydrogen) atoms. The second-order valence-corrected chi connectivity index (χ2v) is 6.95. The van der Waals surface area contributed by atoms with Crippen LogP contribution in [0.1, 0.15) is 17.4 Å². The van der Waals surface area contributed by atoms with Crippen molar-refractivity contribution in [3.8, 4) is 28.7 Å². The van der Waals surface area contributed by atoms with Gasteiger partial charge in [-0.15, -0.1) is 5.10 Å². The number of nitrogens with zero attached hydrogens (tertiary/aromatic N) is 5. The zero-order chi connectivity index (χ0) is 19.8. The van der Waals surface area contributed by atoms with Crippen LogP contribution in [0.15, 0.2) is 53.1 Å². The maximum absolute atomic E-state index is 6.22. The maximum Gasteiger partial charge on any atom is 0.280 e. The summed E-state index contributed by atoms with van der Waals surface area (Å²) in [5.41, 5.74) is 3.06. The molecule has 0 N–H and O–H groups in total. The van der Waals surface area contributed by atoms with Crippen LogP contribution in [0.4, 0.5) is 0 Å². The van der Waals surface area contributed by atoms with E-state index in [0.29, 0.717) is 35.3 Å². The van der Waals surface area contributed by atoms with Gasteiger partial charge in [0.2, 0.25) is 5.82 Å². The number of benzene rings is 2. The molecule has 1 atom stereocenters. The van der Waals surface area contributed by atoms with E-state index in [1.54, 1.807) is 13.2 Å². The van der Waals surface area contributed by atoms with E-state index in [-0.39, 0.29) is 12.0 Å². The highest BCUT2D eigenvalue weighted by Gasteiger charge is 2.28. The molecule has 2 aromatic heterocycles. The predicted molar refractivity (Wildman–Crippen MR) is 104 cm³/mol. The summed E-state index contributed by atoms with van der Waals surface area (Å²) in [4.78, 5) is 4.44. The summed E-state index contributed by atoms with van der Waals surface area (Å²) < 4.78 is 18.5. The minimum atomic E-state index is -0.121. The SMILES string of the molecule is COc1ccc([C@@H]2Cn3nnc(-c4nc(-c5ccccc5Cl)no4)c3CO2)cc1. The Morgan fingerprint density at radius 1 is 1.14 bits per heavy atom. The van der Waals surface area contributed by atoms with Crippen LogP contribution in [0, 0.1) is 0 Å². The van der Waals surface area contributed by atoms with Crippen molar-refractivity contribution in [1.82, 2.24) is 25.1 Å². The van der Waals surface area contributed by atoms with Gasteiger partial charge in [0.05, 0.1) is 31.0 Å². The third-order valence-electron chi connectivity index (χ3n) is 4.83. The summed E-state index contributed by atoms with van der Waals surface area (Å²) in [7, 11) is 1.64. The highest BCUT2D eigenvalue weighted by molar-refractivity contribution is 6.33. The molecule has 1 aliphatic heterocycles. The molecule has 3 heterocycles. The minimum absolute atomic E-state index is 0.121. The van der Waals surface area contributed by atoms with Crippen molar-refractivity contribution in [3.05, 3.63) is 64.8 Å². The molecular weight excluding hydrogens is 394 g/mol. The molecular formula is C20H16ClN5O3. The van der Waals surface area contributed by atoms with E-state index in [4.69, 9.17) is 25.6 Å². The Kier molecular flexibility index (Phi) is 4.49. The fraction of sp³-hybridized carbons (Fsp3) is 0.200. The molecule has 5 rings (SSSR count). The van der Waals surface area contributed by atoms with E-state index in [1.807, 2.05) is 47.1 Å².